The molecule has 1 aliphatic rings. The van der Waals surface area contributed by atoms with Gasteiger partial charge in [0.1, 0.15) is 5.69 Å². The van der Waals surface area contributed by atoms with Gasteiger partial charge in [-0.2, -0.15) is 14.0 Å². The van der Waals surface area contributed by atoms with Crippen LogP contribution in [0.5, 0.6) is 0 Å². The Kier molecular flexibility index (Phi) is 3.16. The number of halogens is 2. The zero-order valence-electron chi connectivity index (χ0n) is 12.0. The number of alkyl halides is 2. The second-order valence-electron chi connectivity index (χ2n) is 5.32. The van der Waals surface area contributed by atoms with E-state index in [0.717, 1.165) is 0 Å². The van der Waals surface area contributed by atoms with Crippen LogP contribution in [0.2, 0.25) is 0 Å². The molecule has 1 aromatic carbocycles. The second kappa shape index (κ2) is 4.83. The van der Waals surface area contributed by atoms with Crippen LogP contribution >= 0.6 is 0 Å². The fourth-order valence-corrected chi connectivity index (χ4v) is 2.67. The molecular weight excluding hydrogens is 304 g/mol. The van der Waals surface area contributed by atoms with Crippen molar-refractivity contribution in [1.29, 1.82) is 5.26 Å². The summed E-state index contributed by atoms with van der Waals surface area (Å²) < 4.78 is 27.7. The van der Waals surface area contributed by atoms with E-state index >= 15 is 0 Å². The summed E-state index contributed by atoms with van der Waals surface area (Å²) in [6.45, 7) is 0.641. The van der Waals surface area contributed by atoms with Gasteiger partial charge < -0.3 is 10.4 Å². The molecule has 7 heteroatoms. The molecular formula is C16H11F2N3O2. The Morgan fingerprint density at radius 3 is 2.74 bits per heavy atom. The lowest BCUT2D eigenvalue weighted by Crippen LogP contribution is -2.38. The molecule has 1 unspecified atom stereocenters. The van der Waals surface area contributed by atoms with Gasteiger partial charge >= 0.3 is 0 Å². The van der Waals surface area contributed by atoms with Gasteiger partial charge in [0.05, 0.1) is 11.6 Å². The molecule has 0 saturated heterocycles. The van der Waals surface area contributed by atoms with Crippen LogP contribution in [-0.2, 0) is 16.3 Å². The number of carbonyl (C=O) groups is 1. The van der Waals surface area contributed by atoms with Crippen LogP contribution < -0.4 is 5.32 Å². The van der Waals surface area contributed by atoms with Crippen LogP contribution in [0.4, 0.5) is 14.5 Å². The minimum atomic E-state index is -3.35. The molecule has 0 radical (unpaired) electrons. The van der Waals surface area contributed by atoms with Gasteiger partial charge in [-0.05, 0) is 24.3 Å². The number of aromatic nitrogens is 1. The van der Waals surface area contributed by atoms with E-state index in [9.17, 15) is 18.7 Å². The lowest BCUT2D eigenvalue weighted by molar-refractivity contribution is -0.130. The number of rotatable bonds is 2. The summed E-state index contributed by atoms with van der Waals surface area (Å²) in [4.78, 5) is 16.0. The number of carbonyl (C=O) groups excluding carboxylic acids is 1. The molecule has 116 valence electrons. The van der Waals surface area contributed by atoms with E-state index in [1.165, 1.54) is 36.5 Å². The van der Waals surface area contributed by atoms with Crippen molar-refractivity contribution in [2.75, 3.05) is 5.32 Å². The monoisotopic (exact) mass is 315 g/mol. The highest BCUT2D eigenvalue weighted by Crippen LogP contribution is 2.44. The molecule has 2 heterocycles. The molecule has 2 N–H and O–H groups in total. The van der Waals surface area contributed by atoms with Gasteiger partial charge in [0.2, 0.25) is 0 Å². The van der Waals surface area contributed by atoms with E-state index in [1.807, 2.05) is 6.07 Å². The first kappa shape index (κ1) is 15.1. The SMILES string of the molecule is CC(F)(F)c1ncccc1C1(O)C(=O)Nc2ccc(C#N)cc21. The van der Waals surface area contributed by atoms with E-state index in [0.29, 0.717) is 6.92 Å². The number of nitriles is 1. The van der Waals surface area contributed by atoms with Crippen LogP contribution in [0.1, 0.15) is 29.3 Å². The molecule has 23 heavy (non-hydrogen) atoms. The molecule has 0 aliphatic carbocycles. The molecule has 3 rings (SSSR count). The van der Waals surface area contributed by atoms with Crippen molar-refractivity contribution < 1.29 is 18.7 Å². The lowest BCUT2D eigenvalue weighted by Gasteiger charge is -2.25. The number of nitrogens with zero attached hydrogens (tertiary/aromatic N) is 2. The number of anilines is 1. The third-order valence-corrected chi connectivity index (χ3v) is 3.73. The first-order valence-electron chi connectivity index (χ1n) is 6.70. The summed E-state index contributed by atoms with van der Waals surface area (Å²) in [7, 11) is 0. The van der Waals surface area contributed by atoms with Gasteiger partial charge in [-0.1, -0.05) is 6.07 Å². The number of fused-ring (bicyclic) bond motifs is 1. The Labute approximate surface area is 130 Å². The minimum Gasteiger partial charge on any atom is -0.372 e. The van der Waals surface area contributed by atoms with Gasteiger partial charge in [0.25, 0.3) is 11.8 Å². The molecule has 0 spiro atoms. The molecule has 0 saturated carbocycles. The standard InChI is InChI=1S/C16H11F2N3O2/c1-15(17,18)13-10(3-2-6-20-13)16(23)11-7-9(8-19)4-5-12(11)21-14(16)22/h2-7,23H,1H3,(H,21,22). The highest BCUT2D eigenvalue weighted by Gasteiger charge is 2.50. The van der Waals surface area contributed by atoms with Crippen LogP contribution in [0.25, 0.3) is 0 Å². The topological polar surface area (TPSA) is 86.0 Å². The van der Waals surface area contributed by atoms with Crippen molar-refractivity contribution in [3.63, 3.8) is 0 Å². The fourth-order valence-electron chi connectivity index (χ4n) is 2.67. The number of benzene rings is 1. The van der Waals surface area contributed by atoms with E-state index in [1.54, 1.807) is 0 Å². The number of aliphatic hydroxyl groups is 1. The smallest absolute Gasteiger partial charge is 0.287 e. The molecule has 0 bridgehead atoms. The van der Waals surface area contributed by atoms with E-state index in [4.69, 9.17) is 5.26 Å². The predicted octanol–water partition coefficient (Wildman–Crippen LogP) is 2.25. The maximum Gasteiger partial charge on any atom is 0.287 e. The summed E-state index contributed by atoms with van der Waals surface area (Å²) in [6.07, 6.45) is 1.17. The van der Waals surface area contributed by atoms with Crippen molar-refractivity contribution in [3.05, 3.63) is 58.9 Å². The molecule has 1 aliphatic heterocycles. The molecule has 0 fully saturated rings. The zero-order chi connectivity index (χ0) is 16.8. The van der Waals surface area contributed by atoms with Gasteiger partial charge in [0, 0.05) is 29.9 Å². The maximum absolute atomic E-state index is 13.8. The number of amides is 1. The molecule has 1 amide bonds. The van der Waals surface area contributed by atoms with Crippen LogP contribution in [-0.4, -0.2) is 16.0 Å². The van der Waals surface area contributed by atoms with E-state index in [-0.39, 0.29) is 22.4 Å². The van der Waals surface area contributed by atoms with Gasteiger partial charge in [-0.15, -0.1) is 0 Å². The minimum absolute atomic E-state index is 0.0556. The summed E-state index contributed by atoms with van der Waals surface area (Å²) >= 11 is 0. The first-order valence-corrected chi connectivity index (χ1v) is 6.70. The van der Waals surface area contributed by atoms with E-state index in [2.05, 4.69) is 10.3 Å². The third-order valence-electron chi connectivity index (χ3n) is 3.73. The average molecular weight is 315 g/mol. The lowest BCUT2D eigenvalue weighted by atomic mass is 9.84. The number of hydrogen-bond donors (Lipinski definition) is 2. The van der Waals surface area contributed by atoms with Crippen LogP contribution in [0.15, 0.2) is 36.5 Å². The van der Waals surface area contributed by atoms with Crippen molar-refractivity contribution in [2.45, 2.75) is 18.4 Å². The summed E-state index contributed by atoms with van der Waals surface area (Å²) in [5, 5.41) is 22.4. The van der Waals surface area contributed by atoms with Crippen molar-refractivity contribution in [2.24, 2.45) is 0 Å². The van der Waals surface area contributed by atoms with Crippen molar-refractivity contribution in [1.82, 2.24) is 4.98 Å². The predicted molar refractivity (Wildman–Crippen MR) is 76.6 cm³/mol. The maximum atomic E-state index is 13.8. The van der Waals surface area contributed by atoms with Gasteiger partial charge in [-0.25, -0.2) is 0 Å². The Morgan fingerprint density at radius 2 is 2.09 bits per heavy atom. The Balaban J connectivity index is 2.30. The molecule has 2 aromatic rings. The number of hydrogen-bond acceptors (Lipinski definition) is 4. The third kappa shape index (κ3) is 2.15. The van der Waals surface area contributed by atoms with Gasteiger partial charge in [0.15, 0.2) is 5.60 Å². The van der Waals surface area contributed by atoms with Crippen LogP contribution in [0, 0.1) is 11.3 Å². The normalized spacial score (nSPS) is 19.9. The summed E-state index contributed by atoms with van der Waals surface area (Å²) in [5.41, 5.74) is -2.80. The first-order chi connectivity index (χ1) is 10.8. The zero-order valence-corrected chi connectivity index (χ0v) is 12.0. The van der Waals surface area contributed by atoms with Gasteiger partial charge in [-0.3, -0.25) is 9.78 Å². The molecule has 5 nitrogen and oxygen atoms in total. The largest absolute Gasteiger partial charge is 0.372 e. The quantitative estimate of drug-likeness (QED) is 0.890. The highest BCUT2D eigenvalue weighted by atomic mass is 19.3. The van der Waals surface area contributed by atoms with Crippen LogP contribution in [0.3, 0.4) is 0 Å². The average Bonchev–Trinajstić information content (AvgIpc) is 2.78. The number of pyridine rings is 1. The fraction of sp³-hybridized carbons (Fsp3) is 0.188. The van der Waals surface area contributed by atoms with Crippen molar-refractivity contribution >= 4 is 11.6 Å². The molecule has 1 atom stereocenters. The number of nitrogens with one attached hydrogen (secondary N) is 1. The summed E-state index contributed by atoms with van der Waals surface area (Å²) in [5.74, 6) is -4.21. The summed E-state index contributed by atoms with van der Waals surface area (Å²) in [6, 6.07) is 8.70. The highest BCUT2D eigenvalue weighted by molar-refractivity contribution is 6.07. The Hall–Kier alpha value is -2.85. The second-order valence-corrected chi connectivity index (χ2v) is 5.32. The Bertz CT molecular complexity index is 855. The molecule has 1 aromatic heterocycles. The van der Waals surface area contributed by atoms with E-state index < -0.39 is 23.1 Å². The Morgan fingerprint density at radius 1 is 1.35 bits per heavy atom. The van der Waals surface area contributed by atoms with Crippen molar-refractivity contribution in [3.8, 4) is 6.07 Å².